The van der Waals surface area contributed by atoms with Crippen molar-refractivity contribution in [3.8, 4) is 50.2 Å². The van der Waals surface area contributed by atoms with Crippen LogP contribution >= 0.6 is 0 Å². The molecule has 0 saturated carbocycles. The molecule has 2 heteroatoms. The lowest BCUT2D eigenvalue weighted by molar-refractivity contribution is 0.661. The lowest BCUT2D eigenvalue weighted by Crippen LogP contribution is -2.20. The molecular weight excluding hydrogens is 713 g/mol. The first kappa shape index (κ1) is 34.8. The Morgan fingerprint density at radius 2 is 0.864 bits per heavy atom. The maximum absolute atomic E-state index is 2.45. The van der Waals surface area contributed by atoms with Crippen LogP contribution in [0.2, 0.25) is 0 Å². The molecule has 280 valence electrons. The minimum absolute atomic E-state index is 0.160. The Hall–Kier alpha value is -7.42. The lowest BCUT2D eigenvalue weighted by atomic mass is 9.81. The second kappa shape index (κ2) is 13.9. The minimum atomic E-state index is -0.160. The number of hydrogen-bond acceptors (Lipinski definition) is 1. The van der Waals surface area contributed by atoms with E-state index in [1.807, 2.05) is 0 Å². The van der Waals surface area contributed by atoms with Gasteiger partial charge in [0.05, 0.1) is 16.7 Å². The first-order chi connectivity index (χ1) is 29.0. The smallest absolute Gasteiger partial charge is 0.0547 e. The number of nitrogens with zero attached hydrogens (tertiary/aromatic N) is 2. The van der Waals surface area contributed by atoms with Crippen molar-refractivity contribution in [2.24, 2.45) is 0 Å². The highest BCUT2D eigenvalue weighted by molar-refractivity contribution is 6.15. The van der Waals surface area contributed by atoms with Gasteiger partial charge in [-0.15, -0.1) is 0 Å². The summed E-state index contributed by atoms with van der Waals surface area (Å²) in [4.78, 5) is 2.45. The van der Waals surface area contributed by atoms with Gasteiger partial charge in [0.25, 0.3) is 0 Å². The molecule has 0 radical (unpaired) electrons. The third-order valence-corrected chi connectivity index (χ3v) is 12.4. The SMILES string of the molecule is CC1(C)c2ccccc2-c2cccc(N(c3ccc(-c4ccccc4)cc3)c3ccc(-c4ccc(-c5cccc6c5c5ccccc5n6-c5ccccc5)cc4)cc3)c21. The Balaban J connectivity index is 0.978. The van der Waals surface area contributed by atoms with Gasteiger partial charge in [-0.3, -0.25) is 0 Å². The standard InChI is InChI=1S/C57H42N2/c1-57(2)51-23-11-9-19-48(51)49-22-14-26-54(56(49)57)58(45-35-31-41(32-36-45)39-15-5-3-6-16-39)46-37-33-42(34-38-46)40-27-29-43(30-28-40)47-21-13-25-53-55(47)50-20-10-12-24-52(50)59(53)44-17-7-4-8-18-44/h3-38H,1-2H3. The fourth-order valence-electron chi connectivity index (χ4n) is 9.63. The second-order valence-electron chi connectivity index (χ2n) is 16.1. The molecule has 0 aliphatic heterocycles. The zero-order valence-corrected chi connectivity index (χ0v) is 33.2. The average molecular weight is 755 g/mol. The maximum atomic E-state index is 2.45. The molecule has 1 aliphatic carbocycles. The van der Waals surface area contributed by atoms with Crippen molar-refractivity contribution in [3.05, 3.63) is 230 Å². The fraction of sp³-hybridized carbons (Fsp3) is 0.0526. The van der Waals surface area contributed by atoms with E-state index < -0.39 is 0 Å². The van der Waals surface area contributed by atoms with Crippen LogP contribution in [0.5, 0.6) is 0 Å². The van der Waals surface area contributed by atoms with Gasteiger partial charge in [-0.2, -0.15) is 0 Å². The van der Waals surface area contributed by atoms with Gasteiger partial charge in [-0.1, -0.05) is 178 Å². The molecule has 1 heterocycles. The van der Waals surface area contributed by atoms with E-state index in [9.17, 15) is 0 Å². The van der Waals surface area contributed by atoms with Crippen LogP contribution in [-0.4, -0.2) is 4.57 Å². The second-order valence-corrected chi connectivity index (χ2v) is 16.1. The quantitative estimate of drug-likeness (QED) is 0.157. The Kier molecular flexibility index (Phi) is 8.20. The molecule has 1 aliphatic rings. The van der Waals surface area contributed by atoms with Crippen molar-refractivity contribution in [2.75, 3.05) is 4.90 Å². The summed E-state index contributed by atoms with van der Waals surface area (Å²) in [6.45, 7) is 4.73. The molecule has 0 fully saturated rings. The first-order valence-corrected chi connectivity index (χ1v) is 20.5. The number of anilines is 3. The van der Waals surface area contributed by atoms with Crippen molar-refractivity contribution in [1.29, 1.82) is 0 Å². The van der Waals surface area contributed by atoms with Gasteiger partial charge in [-0.25, -0.2) is 0 Å². The van der Waals surface area contributed by atoms with Crippen LogP contribution < -0.4 is 4.90 Å². The summed E-state index contributed by atoms with van der Waals surface area (Å²) < 4.78 is 2.38. The molecule has 9 aromatic carbocycles. The van der Waals surface area contributed by atoms with Crippen molar-refractivity contribution in [1.82, 2.24) is 4.57 Å². The van der Waals surface area contributed by atoms with Crippen molar-refractivity contribution in [3.63, 3.8) is 0 Å². The van der Waals surface area contributed by atoms with Gasteiger partial charge >= 0.3 is 0 Å². The van der Waals surface area contributed by atoms with Crippen molar-refractivity contribution >= 4 is 38.9 Å². The van der Waals surface area contributed by atoms with Gasteiger partial charge in [0.2, 0.25) is 0 Å². The van der Waals surface area contributed by atoms with Gasteiger partial charge < -0.3 is 9.47 Å². The Bertz CT molecular complexity index is 3140. The van der Waals surface area contributed by atoms with Gasteiger partial charge in [0.15, 0.2) is 0 Å². The zero-order chi connectivity index (χ0) is 39.5. The molecule has 59 heavy (non-hydrogen) atoms. The number of rotatable bonds is 7. The van der Waals surface area contributed by atoms with Crippen LogP contribution in [0.3, 0.4) is 0 Å². The Labute approximate surface area is 345 Å². The highest BCUT2D eigenvalue weighted by Gasteiger charge is 2.38. The molecule has 0 saturated heterocycles. The summed E-state index contributed by atoms with van der Waals surface area (Å²) in [5.41, 5.74) is 19.5. The summed E-state index contributed by atoms with van der Waals surface area (Å²) in [6.07, 6.45) is 0. The summed E-state index contributed by atoms with van der Waals surface area (Å²) >= 11 is 0. The molecule has 0 bridgehead atoms. The molecule has 1 aromatic heterocycles. The molecule has 2 nitrogen and oxygen atoms in total. The van der Waals surface area contributed by atoms with E-state index in [0.717, 1.165) is 11.4 Å². The highest BCUT2D eigenvalue weighted by atomic mass is 15.1. The van der Waals surface area contributed by atoms with Crippen LogP contribution in [0.1, 0.15) is 25.0 Å². The molecular formula is C57H42N2. The van der Waals surface area contributed by atoms with Crippen molar-refractivity contribution in [2.45, 2.75) is 19.3 Å². The molecule has 0 unspecified atom stereocenters. The summed E-state index contributed by atoms with van der Waals surface area (Å²) in [6, 6.07) is 79.6. The summed E-state index contributed by atoms with van der Waals surface area (Å²) in [7, 11) is 0. The number of fused-ring (bicyclic) bond motifs is 6. The van der Waals surface area contributed by atoms with Crippen LogP contribution in [-0.2, 0) is 5.41 Å². The van der Waals surface area contributed by atoms with Gasteiger partial charge in [-0.05, 0) is 110 Å². The van der Waals surface area contributed by atoms with Gasteiger partial charge in [0, 0.05) is 33.2 Å². The number of aromatic nitrogens is 1. The maximum Gasteiger partial charge on any atom is 0.0547 e. The molecule has 0 spiro atoms. The van der Waals surface area contributed by atoms with Crippen LogP contribution in [0.25, 0.3) is 72.0 Å². The van der Waals surface area contributed by atoms with E-state index in [4.69, 9.17) is 0 Å². The summed E-state index contributed by atoms with van der Waals surface area (Å²) in [5, 5.41) is 2.54. The Morgan fingerprint density at radius 3 is 1.56 bits per heavy atom. The van der Waals surface area contributed by atoms with Gasteiger partial charge in [0.1, 0.15) is 0 Å². The van der Waals surface area contributed by atoms with E-state index in [2.05, 4.69) is 242 Å². The third-order valence-electron chi connectivity index (χ3n) is 12.4. The zero-order valence-electron chi connectivity index (χ0n) is 33.2. The van der Waals surface area contributed by atoms with E-state index in [1.54, 1.807) is 0 Å². The summed E-state index contributed by atoms with van der Waals surface area (Å²) in [5.74, 6) is 0. The van der Waals surface area contributed by atoms with Crippen LogP contribution in [0.15, 0.2) is 218 Å². The van der Waals surface area contributed by atoms with E-state index in [1.165, 1.54) is 88.8 Å². The van der Waals surface area contributed by atoms with E-state index >= 15 is 0 Å². The molecule has 0 amide bonds. The molecule has 0 atom stereocenters. The van der Waals surface area contributed by atoms with E-state index in [0.29, 0.717) is 0 Å². The normalized spacial score (nSPS) is 12.7. The molecule has 0 N–H and O–H groups in total. The van der Waals surface area contributed by atoms with Crippen LogP contribution in [0.4, 0.5) is 17.1 Å². The molecule has 11 rings (SSSR count). The predicted octanol–water partition coefficient (Wildman–Crippen LogP) is 15.6. The topological polar surface area (TPSA) is 8.17 Å². The third kappa shape index (κ3) is 5.71. The van der Waals surface area contributed by atoms with Crippen molar-refractivity contribution < 1.29 is 0 Å². The first-order valence-electron chi connectivity index (χ1n) is 20.5. The predicted molar refractivity (Wildman–Crippen MR) is 249 cm³/mol. The lowest BCUT2D eigenvalue weighted by Gasteiger charge is -2.32. The van der Waals surface area contributed by atoms with Crippen LogP contribution in [0, 0.1) is 0 Å². The average Bonchev–Trinajstić information content (AvgIpc) is 3.76. The minimum Gasteiger partial charge on any atom is -0.310 e. The Morgan fingerprint density at radius 1 is 0.373 bits per heavy atom. The monoisotopic (exact) mass is 754 g/mol. The largest absolute Gasteiger partial charge is 0.310 e. The highest BCUT2D eigenvalue weighted by Crippen LogP contribution is 2.54. The number of hydrogen-bond donors (Lipinski definition) is 0. The fourth-order valence-corrected chi connectivity index (χ4v) is 9.63. The molecule has 10 aromatic rings. The van der Waals surface area contributed by atoms with E-state index in [-0.39, 0.29) is 5.41 Å². The number of para-hydroxylation sites is 2. The number of benzene rings is 9.